The van der Waals surface area contributed by atoms with Crippen LogP contribution in [-0.2, 0) is 13.1 Å². The minimum Gasteiger partial charge on any atom is -0.493 e. The molecule has 0 aliphatic heterocycles. The number of aromatic nitrogens is 3. The van der Waals surface area contributed by atoms with Crippen molar-refractivity contribution in [2.45, 2.75) is 20.0 Å². The van der Waals surface area contributed by atoms with E-state index in [1.165, 1.54) is 0 Å². The Bertz CT molecular complexity index is 947. The summed E-state index contributed by atoms with van der Waals surface area (Å²) in [5.41, 5.74) is 1.20. The van der Waals surface area contributed by atoms with E-state index in [-0.39, 0.29) is 5.56 Å². The zero-order chi connectivity index (χ0) is 18.0. The van der Waals surface area contributed by atoms with Gasteiger partial charge in [0.05, 0.1) is 26.3 Å². The number of pyridine rings is 1. The SMILES string of the molecule is COc1cc2cc(CN(C)Cc3noc(C)n3)c(=O)[nH]c2cc1OC. The van der Waals surface area contributed by atoms with E-state index in [0.29, 0.717) is 47.4 Å². The van der Waals surface area contributed by atoms with Gasteiger partial charge in [0, 0.05) is 30.5 Å². The number of H-pyrrole nitrogens is 1. The summed E-state index contributed by atoms with van der Waals surface area (Å²) in [4.78, 5) is 21.4. The van der Waals surface area contributed by atoms with Gasteiger partial charge < -0.3 is 19.0 Å². The van der Waals surface area contributed by atoms with Crippen molar-refractivity contribution < 1.29 is 14.0 Å². The summed E-state index contributed by atoms with van der Waals surface area (Å²) in [6.07, 6.45) is 0. The van der Waals surface area contributed by atoms with Gasteiger partial charge >= 0.3 is 0 Å². The Hall–Kier alpha value is -2.87. The largest absolute Gasteiger partial charge is 0.493 e. The van der Waals surface area contributed by atoms with Crippen LogP contribution < -0.4 is 15.0 Å². The van der Waals surface area contributed by atoms with Gasteiger partial charge in [-0.2, -0.15) is 4.98 Å². The van der Waals surface area contributed by atoms with E-state index >= 15 is 0 Å². The van der Waals surface area contributed by atoms with Gasteiger partial charge in [-0.1, -0.05) is 5.16 Å². The van der Waals surface area contributed by atoms with Crippen LogP contribution in [0.15, 0.2) is 27.5 Å². The lowest BCUT2D eigenvalue weighted by Gasteiger charge is -2.15. The molecule has 25 heavy (non-hydrogen) atoms. The van der Waals surface area contributed by atoms with Crippen LogP contribution in [0.5, 0.6) is 11.5 Å². The van der Waals surface area contributed by atoms with Gasteiger partial charge in [0.25, 0.3) is 5.56 Å². The van der Waals surface area contributed by atoms with Crippen LogP contribution in [0, 0.1) is 6.92 Å². The zero-order valence-corrected chi connectivity index (χ0v) is 14.6. The van der Waals surface area contributed by atoms with Crippen LogP contribution in [0.3, 0.4) is 0 Å². The van der Waals surface area contributed by atoms with Gasteiger partial charge in [0.2, 0.25) is 5.89 Å². The molecule has 1 aromatic carbocycles. The van der Waals surface area contributed by atoms with Crippen molar-refractivity contribution in [1.29, 1.82) is 0 Å². The zero-order valence-electron chi connectivity index (χ0n) is 14.6. The Kier molecular flexibility index (Phi) is 4.71. The van der Waals surface area contributed by atoms with Crippen LogP contribution in [0.4, 0.5) is 0 Å². The van der Waals surface area contributed by atoms with E-state index < -0.39 is 0 Å². The molecule has 8 heteroatoms. The van der Waals surface area contributed by atoms with Gasteiger partial charge in [-0.15, -0.1) is 0 Å². The van der Waals surface area contributed by atoms with Crippen LogP contribution in [-0.4, -0.2) is 41.3 Å². The third-order valence-corrected chi connectivity index (χ3v) is 3.85. The second kappa shape index (κ2) is 6.94. The maximum absolute atomic E-state index is 12.4. The summed E-state index contributed by atoms with van der Waals surface area (Å²) in [6.45, 7) is 2.68. The Morgan fingerprint density at radius 3 is 2.52 bits per heavy atom. The molecule has 132 valence electrons. The highest BCUT2D eigenvalue weighted by atomic mass is 16.5. The standard InChI is InChI=1S/C17H20N4O4/c1-10-18-16(20-25-10)9-21(2)8-12-5-11-6-14(23-3)15(24-4)7-13(11)19-17(12)22/h5-7H,8-9H2,1-4H3,(H,19,22). The predicted octanol–water partition coefficient (Wildman–Crippen LogP) is 1.87. The van der Waals surface area contributed by atoms with Crippen molar-refractivity contribution >= 4 is 10.9 Å². The maximum Gasteiger partial charge on any atom is 0.252 e. The van der Waals surface area contributed by atoms with E-state index in [0.717, 1.165) is 5.39 Å². The normalized spacial score (nSPS) is 11.2. The number of nitrogens with zero attached hydrogens (tertiary/aromatic N) is 3. The number of nitrogens with one attached hydrogen (secondary N) is 1. The molecule has 0 saturated heterocycles. The molecule has 2 heterocycles. The summed E-state index contributed by atoms with van der Waals surface area (Å²) in [5.74, 6) is 2.29. The highest BCUT2D eigenvalue weighted by molar-refractivity contribution is 5.83. The molecule has 0 aliphatic carbocycles. The number of fused-ring (bicyclic) bond motifs is 1. The van der Waals surface area contributed by atoms with E-state index in [1.807, 2.05) is 24.1 Å². The highest BCUT2D eigenvalue weighted by Gasteiger charge is 2.12. The van der Waals surface area contributed by atoms with Gasteiger partial charge in [-0.25, -0.2) is 0 Å². The molecular weight excluding hydrogens is 324 g/mol. The maximum atomic E-state index is 12.4. The average molecular weight is 344 g/mol. The molecule has 3 rings (SSSR count). The molecule has 2 aromatic heterocycles. The number of hydrogen-bond donors (Lipinski definition) is 1. The van der Waals surface area contributed by atoms with Gasteiger partial charge in [0.1, 0.15) is 0 Å². The number of ether oxygens (including phenoxy) is 2. The number of benzene rings is 1. The smallest absolute Gasteiger partial charge is 0.252 e. The first kappa shape index (κ1) is 17.0. The van der Waals surface area contributed by atoms with Crippen LogP contribution in [0.1, 0.15) is 17.3 Å². The fourth-order valence-corrected chi connectivity index (χ4v) is 2.69. The van der Waals surface area contributed by atoms with Gasteiger partial charge in [-0.3, -0.25) is 9.69 Å². The summed E-state index contributed by atoms with van der Waals surface area (Å²) < 4.78 is 15.6. The quantitative estimate of drug-likeness (QED) is 0.729. The number of hydrogen-bond acceptors (Lipinski definition) is 7. The molecule has 0 atom stereocenters. The van der Waals surface area contributed by atoms with E-state index in [9.17, 15) is 4.79 Å². The van der Waals surface area contributed by atoms with Crippen molar-refractivity contribution in [3.05, 3.63) is 45.8 Å². The molecule has 1 N–H and O–H groups in total. The average Bonchev–Trinajstić information content (AvgIpc) is 2.99. The molecule has 0 fully saturated rings. The second-order valence-electron chi connectivity index (χ2n) is 5.82. The minimum atomic E-state index is -0.143. The summed E-state index contributed by atoms with van der Waals surface area (Å²) >= 11 is 0. The van der Waals surface area contributed by atoms with Gasteiger partial charge in [-0.05, 0) is 19.2 Å². The summed E-state index contributed by atoms with van der Waals surface area (Å²) in [5, 5.41) is 4.74. The topological polar surface area (TPSA) is 93.5 Å². The lowest BCUT2D eigenvalue weighted by molar-refractivity contribution is 0.299. The van der Waals surface area contributed by atoms with E-state index in [1.54, 1.807) is 27.2 Å². The Labute approximate surface area is 144 Å². The molecule has 0 spiro atoms. The van der Waals surface area contributed by atoms with Crippen LogP contribution in [0.2, 0.25) is 0 Å². The molecule has 3 aromatic rings. The van der Waals surface area contributed by atoms with Crippen molar-refractivity contribution in [2.75, 3.05) is 21.3 Å². The van der Waals surface area contributed by atoms with Crippen LogP contribution >= 0.6 is 0 Å². The Morgan fingerprint density at radius 1 is 1.16 bits per heavy atom. The number of aryl methyl sites for hydroxylation is 1. The molecule has 8 nitrogen and oxygen atoms in total. The Balaban J connectivity index is 1.88. The first-order chi connectivity index (χ1) is 12.0. The molecule has 0 aliphatic rings. The monoisotopic (exact) mass is 344 g/mol. The molecule has 0 bridgehead atoms. The first-order valence-electron chi connectivity index (χ1n) is 7.76. The molecule has 0 amide bonds. The van der Waals surface area contributed by atoms with Crippen molar-refractivity contribution in [3.63, 3.8) is 0 Å². The van der Waals surface area contributed by atoms with E-state index in [2.05, 4.69) is 15.1 Å². The number of aromatic amines is 1. The van der Waals surface area contributed by atoms with Crippen LogP contribution in [0.25, 0.3) is 10.9 Å². The second-order valence-corrected chi connectivity index (χ2v) is 5.82. The van der Waals surface area contributed by atoms with Crippen molar-refractivity contribution in [3.8, 4) is 11.5 Å². The molecule has 0 radical (unpaired) electrons. The third-order valence-electron chi connectivity index (χ3n) is 3.85. The third kappa shape index (κ3) is 3.63. The molecule has 0 unspecified atom stereocenters. The van der Waals surface area contributed by atoms with Crippen molar-refractivity contribution in [1.82, 2.24) is 20.0 Å². The lowest BCUT2D eigenvalue weighted by atomic mass is 10.1. The lowest BCUT2D eigenvalue weighted by Crippen LogP contribution is -2.23. The molecule has 0 saturated carbocycles. The van der Waals surface area contributed by atoms with Gasteiger partial charge in [0.15, 0.2) is 17.3 Å². The Morgan fingerprint density at radius 2 is 1.88 bits per heavy atom. The van der Waals surface area contributed by atoms with E-state index in [4.69, 9.17) is 14.0 Å². The first-order valence-corrected chi connectivity index (χ1v) is 7.76. The van der Waals surface area contributed by atoms with Crippen molar-refractivity contribution in [2.24, 2.45) is 0 Å². The minimum absolute atomic E-state index is 0.143. The highest BCUT2D eigenvalue weighted by Crippen LogP contribution is 2.31. The fraction of sp³-hybridized carbons (Fsp3) is 0.353. The number of methoxy groups -OCH3 is 2. The molecular formula is C17H20N4O4. The summed E-state index contributed by atoms with van der Waals surface area (Å²) in [7, 11) is 5.03. The fourth-order valence-electron chi connectivity index (χ4n) is 2.69. The summed E-state index contributed by atoms with van der Waals surface area (Å²) in [6, 6.07) is 5.45. The predicted molar refractivity (Wildman–Crippen MR) is 91.9 cm³/mol. The number of rotatable bonds is 6.